The van der Waals surface area contributed by atoms with Crippen LogP contribution in [-0.2, 0) is 6.54 Å². The van der Waals surface area contributed by atoms with E-state index in [2.05, 4.69) is 38.1 Å². The van der Waals surface area contributed by atoms with E-state index in [0.29, 0.717) is 0 Å². The SMILES string of the molecule is CNCc1ccccc1-n1cncc1-c1cccnc1. The van der Waals surface area contributed by atoms with Gasteiger partial charge in [-0.3, -0.25) is 9.55 Å². The second-order valence-corrected chi connectivity index (χ2v) is 4.55. The quantitative estimate of drug-likeness (QED) is 0.787. The first kappa shape index (κ1) is 12.6. The molecule has 0 amide bonds. The summed E-state index contributed by atoms with van der Waals surface area (Å²) < 4.78 is 2.10. The Labute approximate surface area is 118 Å². The van der Waals surface area contributed by atoms with Crippen molar-refractivity contribution in [3.05, 3.63) is 66.9 Å². The van der Waals surface area contributed by atoms with Gasteiger partial charge < -0.3 is 5.32 Å². The minimum Gasteiger partial charge on any atom is -0.316 e. The molecular weight excluding hydrogens is 248 g/mol. The Hall–Kier alpha value is -2.46. The molecule has 0 bridgehead atoms. The summed E-state index contributed by atoms with van der Waals surface area (Å²) in [5.74, 6) is 0. The number of rotatable bonds is 4. The number of nitrogens with zero attached hydrogens (tertiary/aromatic N) is 3. The molecule has 0 unspecified atom stereocenters. The van der Waals surface area contributed by atoms with Gasteiger partial charge in [0.2, 0.25) is 0 Å². The van der Waals surface area contributed by atoms with Gasteiger partial charge in [-0.05, 0) is 30.8 Å². The lowest BCUT2D eigenvalue weighted by atomic mass is 10.1. The number of aromatic nitrogens is 3. The summed E-state index contributed by atoms with van der Waals surface area (Å²) in [6, 6.07) is 12.3. The highest BCUT2D eigenvalue weighted by Gasteiger charge is 2.09. The van der Waals surface area contributed by atoms with Crippen LogP contribution in [-0.4, -0.2) is 21.6 Å². The van der Waals surface area contributed by atoms with E-state index in [-0.39, 0.29) is 0 Å². The Balaban J connectivity index is 2.11. The van der Waals surface area contributed by atoms with Crippen LogP contribution in [0.4, 0.5) is 0 Å². The number of benzene rings is 1. The van der Waals surface area contributed by atoms with Crippen molar-refractivity contribution >= 4 is 0 Å². The summed E-state index contributed by atoms with van der Waals surface area (Å²) in [5.41, 5.74) is 4.47. The molecule has 0 saturated carbocycles. The fourth-order valence-electron chi connectivity index (χ4n) is 2.30. The molecule has 0 saturated heterocycles. The smallest absolute Gasteiger partial charge is 0.0997 e. The summed E-state index contributed by atoms with van der Waals surface area (Å²) in [4.78, 5) is 8.47. The summed E-state index contributed by atoms with van der Waals surface area (Å²) in [7, 11) is 1.95. The molecule has 0 aliphatic heterocycles. The van der Waals surface area contributed by atoms with Gasteiger partial charge in [-0.2, -0.15) is 0 Å². The Bertz CT molecular complexity index is 688. The van der Waals surface area contributed by atoms with Crippen molar-refractivity contribution in [1.82, 2.24) is 19.9 Å². The Kier molecular flexibility index (Phi) is 3.56. The first-order chi connectivity index (χ1) is 9.90. The third kappa shape index (κ3) is 2.33. The molecule has 0 spiro atoms. The molecule has 2 heterocycles. The van der Waals surface area contributed by atoms with Crippen molar-refractivity contribution in [2.75, 3.05) is 7.05 Å². The highest BCUT2D eigenvalue weighted by molar-refractivity contribution is 5.61. The Morgan fingerprint density at radius 1 is 1.05 bits per heavy atom. The van der Waals surface area contributed by atoms with E-state index in [1.807, 2.05) is 44.0 Å². The molecular formula is C16H16N4. The molecule has 2 aromatic heterocycles. The maximum absolute atomic E-state index is 4.29. The predicted molar refractivity (Wildman–Crippen MR) is 79.6 cm³/mol. The number of hydrogen-bond donors (Lipinski definition) is 1. The molecule has 1 N–H and O–H groups in total. The van der Waals surface area contributed by atoms with Crippen LogP contribution < -0.4 is 5.32 Å². The largest absolute Gasteiger partial charge is 0.316 e. The molecule has 100 valence electrons. The average Bonchev–Trinajstić information content (AvgIpc) is 2.98. The average molecular weight is 264 g/mol. The first-order valence-electron chi connectivity index (χ1n) is 6.56. The molecule has 20 heavy (non-hydrogen) atoms. The van der Waals surface area contributed by atoms with E-state index in [1.54, 1.807) is 6.20 Å². The van der Waals surface area contributed by atoms with Crippen molar-refractivity contribution in [3.8, 4) is 16.9 Å². The van der Waals surface area contributed by atoms with Gasteiger partial charge in [0.1, 0.15) is 0 Å². The van der Waals surface area contributed by atoms with Gasteiger partial charge in [0.05, 0.1) is 23.9 Å². The normalized spacial score (nSPS) is 10.7. The Morgan fingerprint density at radius 2 is 1.95 bits per heavy atom. The highest BCUT2D eigenvalue weighted by atomic mass is 15.1. The molecule has 1 aromatic carbocycles. The molecule has 0 aliphatic carbocycles. The van der Waals surface area contributed by atoms with Gasteiger partial charge in [0.25, 0.3) is 0 Å². The maximum atomic E-state index is 4.29. The molecule has 0 atom stereocenters. The lowest BCUT2D eigenvalue weighted by Gasteiger charge is -2.13. The highest BCUT2D eigenvalue weighted by Crippen LogP contribution is 2.23. The number of imidazole rings is 1. The van der Waals surface area contributed by atoms with E-state index in [0.717, 1.165) is 23.5 Å². The lowest BCUT2D eigenvalue weighted by Crippen LogP contribution is -2.09. The summed E-state index contributed by atoms with van der Waals surface area (Å²) in [6.45, 7) is 0.820. The second kappa shape index (κ2) is 5.67. The lowest BCUT2D eigenvalue weighted by molar-refractivity contribution is 0.808. The zero-order chi connectivity index (χ0) is 13.8. The number of para-hydroxylation sites is 1. The van der Waals surface area contributed by atoms with Gasteiger partial charge in [-0.25, -0.2) is 4.98 Å². The summed E-state index contributed by atoms with van der Waals surface area (Å²) >= 11 is 0. The minimum absolute atomic E-state index is 0.820. The van der Waals surface area contributed by atoms with Gasteiger partial charge >= 0.3 is 0 Å². The van der Waals surface area contributed by atoms with Gasteiger partial charge in [0.15, 0.2) is 0 Å². The van der Waals surface area contributed by atoms with Crippen molar-refractivity contribution < 1.29 is 0 Å². The van der Waals surface area contributed by atoms with Gasteiger partial charge in [-0.1, -0.05) is 18.2 Å². The zero-order valence-electron chi connectivity index (χ0n) is 11.3. The van der Waals surface area contributed by atoms with E-state index in [9.17, 15) is 0 Å². The third-order valence-electron chi connectivity index (χ3n) is 3.21. The maximum Gasteiger partial charge on any atom is 0.0997 e. The predicted octanol–water partition coefficient (Wildman–Crippen LogP) is 2.65. The monoisotopic (exact) mass is 264 g/mol. The van der Waals surface area contributed by atoms with Crippen molar-refractivity contribution in [2.45, 2.75) is 6.54 Å². The van der Waals surface area contributed by atoms with Crippen LogP contribution in [0.15, 0.2) is 61.3 Å². The molecule has 0 fully saturated rings. The topological polar surface area (TPSA) is 42.7 Å². The summed E-state index contributed by atoms with van der Waals surface area (Å²) in [6.07, 6.45) is 7.34. The van der Waals surface area contributed by atoms with E-state index < -0.39 is 0 Å². The molecule has 3 rings (SSSR count). The molecule has 3 aromatic rings. The Morgan fingerprint density at radius 3 is 2.75 bits per heavy atom. The van der Waals surface area contributed by atoms with Crippen LogP contribution in [0.2, 0.25) is 0 Å². The van der Waals surface area contributed by atoms with Crippen LogP contribution in [0, 0.1) is 0 Å². The fourth-order valence-corrected chi connectivity index (χ4v) is 2.30. The molecule has 0 aliphatic rings. The van der Waals surface area contributed by atoms with Gasteiger partial charge in [-0.15, -0.1) is 0 Å². The molecule has 4 nitrogen and oxygen atoms in total. The number of nitrogens with one attached hydrogen (secondary N) is 1. The van der Waals surface area contributed by atoms with E-state index in [1.165, 1.54) is 5.56 Å². The third-order valence-corrected chi connectivity index (χ3v) is 3.21. The molecule has 0 radical (unpaired) electrons. The molecule has 4 heteroatoms. The van der Waals surface area contributed by atoms with Crippen molar-refractivity contribution in [1.29, 1.82) is 0 Å². The summed E-state index contributed by atoms with van der Waals surface area (Å²) in [5, 5.41) is 3.20. The number of hydrogen-bond acceptors (Lipinski definition) is 3. The fraction of sp³-hybridized carbons (Fsp3) is 0.125. The van der Waals surface area contributed by atoms with Crippen molar-refractivity contribution in [3.63, 3.8) is 0 Å². The standard InChI is InChI=1S/C16H16N4/c1-17-9-13-5-2-3-7-15(13)20-12-19-11-16(20)14-6-4-8-18-10-14/h2-8,10-12,17H,9H2,1H3. The van der Waals surface area contributed by atoms with Crippen LogP contribution in [0.3, 0.4) is 0 Å². The van der Waals surface area contributed by atoms with E-state index >= 15 is 0 Å². The van der Waals surface area contributed by atoms with Crippen LogP contribution in [0.25, 0.3) is 16.9 Å². The first-order valence-corrected chi connectivity index (χ1v) is 6.56. The van der Waals surface area contributed by atoms with E-state index in [4.69, 9.17) is 0 Å². The van der Waals surface area contributed by atoms with Crippen LogP contribution >= 0.6 is 0 Å². The second-order valence-electron chi connectivity index (χ2n) is 4.55. The van der Waals surface area contributed by atoms with Gasteiger partial charge in [0, 0.05) is 24.5 Å². The zero-order valence-corrected chi connectivity index (χ0v) is 11.3. The van der Waals surface area contributed by atoms with Crippen molar-refractivity contribution in [2.24, 2.45) is 0 Å². The number of pyridine rings is 1. The van der Waals surface area contributed by atoms with Crippen LogP contribution in [0.1, 0.15) is 5.56 Å². The van der Waals surface area contributed by atoms with Crippen LogP contribution in [0.5, 0.6) is 0 Å². The minimum atomic E-state index is 0.820.